The number of hydrogen-bond acceptors (Lipinski definition) is 9. The summed E-state index contributed by atoms with van der Waals surface area (Å²) in [4.78, 5) is 40.1. The molecule has 1 amide bonds. The topological polar surface area (TPSA) is 182 Å². The molecule has 184 valence electrons. The molecule has 1 saturated carbocycles. The molecular weight excluding hydrogens is 491 g/mol. The van der Waals surface area contributed by atoms with Crippen molar-refractivity contribution in [1.29, 1.82) is 0 Å². The SMILES string of the molecule is CN(C)[C@H]1C(=O)C(C(N)=O)=C(O)[C@@]2(O)C(=O)C3=C(O)c4c(O)ccc(Cl)c4[C@@](C)(O)[C@@H]3C[C@H]12.Cl. The van der Waals surface area contributed by atoms with E-state index >= 15 is 0 Å². The predicted octanol–water partition coefficient (Wildman–Crippen LogP) is 0.704. The number of hydrogen-bond donors (Lipinski definition) is 6. The van der Waals surface area contributed by atoms with Crippen molar-refractivity contribution in [3.63, 3.8) is 0 Å². The van der Waals surface area contributed by atoms with Crippen molar-refractivity contribution in [2.24, 2.45) is 17.6 Å². The highest BCUT2D eigenvalue weighted by Crippen LogP contribution is 2.58. The number of carbonyl (C=O) groups is 3. The van der Waals surface area contributed by atoms with Crippen LogP contribution in [0.3, 0.4) is 0 Å². The summed E-state index contributed by atoms with van der Waals surface area (Å²) in [5, 5.41) is 55.2. The number of halogens is 2. The molecule has 0 unspecified atom stereocenters. The molecule has 1 aromatic carbocycles. The van der Waals surface area contributed by atoms with Crippen LogP contribution in [0.25, 0.3) is 5.76 Å². The van der Waals surface area contributed by atoms with Crippen molar-refractivity contribution < 1.29 is 39.9 Å². The Morgan fingerprint density at radius 1 is 1.18 bits per heavy atom. The molecule has 0 aliphatic heterocycles. The van der Waals surface area contributed by atoms with Gasteiger partial charge in [-0.15, -0.1) is 12.4 Å². The standard InChI is InChI=1S/C22H23ClN2O8.ClH/c1-21(32)7-6-8-15(25(2)3)17(28)13(20(24)31)19(30)22(8,33)18(29)11(7)16(27)12-10(26)5-4-9(23)14(12)21;/h4-5,7-8,15,26-27,30,32-33H,6H2,1-3H3,(H2,24,31);1H/t7-,8-,15-,21+,22+;/m1./s1. The second-order valence-electron chi connectivity index (χ2n) is 9.08. The summed E-state index contributed by atoms with van der Waals surface area (Å²) in [5.41, 5.74) is -1.10. The smallest absolute Gasteiger partial charge is 0.255 e. The number of benzene rings is 1. The van der Waals surface area contributed by atoms with Crippen molar-refractivity contribution in [3.8, 4) is 5.75 Å². The number of Topliss-reactive ketones (excluding diaryl/α,β-unsaturated/α-hetero) is 2. The summed E-state index contributed by atoms with van der Waals surface area (Å²) in [5.74, 6) is -8.30. The molecule has 1 aromatic rings. The Bertz CT molecular complexity index is 1210. The molecular formula is C22H24Cl2N2O8. The number of carbonyl (C=O) groups excluding carboxylic acids is 3. The number of phenolic OH excluding ortho intramolecular Hbond substituents is 1. The van der Waals surface area contributed by atoms with Crippen LogP contribution in [0, 0.1) is 11.8 Å². The Hall–Kier alpha value is -2.63. The van der Waals surface area contributed by atoms with E-state index in [9.17, 15) is 39.9 Å². The first kappa shape index (κ1) is 26.0. The minimum Gasteiger partial charge on any atom is -0.508 e. The lowest BCUT2D eigenvalue weighted by Gasteiger charge is -2.53. The van der Waals surface area contributed by atoms with E-state index in [2.05, 4.69) is 0 Å². The Morgan fingerprint density at radius 2 is 1.76 bits per heavy atom. The third kappa shape index (κ3) is 3.03. The van der Waals surface area contributed by atoms with Crippen LogP contribution in [0.15, 0.2) is 29.0 Å². The van der Waals surface area contributed by atoms with Crippen LogP contribution in [0.2, 0.25) is 5.02 Å². The van der Waals surface area contributed by atoms with E-state index in [-0.39, 0.29) is 35.0 Å². The van der Waals surface area contributed by atoms with Crippen LogP contribution in [0.1, 0.15) is 24.5 Å². The maximum absolute atomic E-state index is 13.7. The van der Waals surface area contributed by atoms with E-state index < -0.39 is 75.0 Å². The molecule has 0 spiro atoms. The van der Waals surface area contributed by atoms with Gasteiger partial charge in [0.15, 0.2) is 11.4 Å². The van der Waals surface area contributed by atoms with Gasteiger partial charge in [-0.1, -0.05) is 11.6 Å². The monoisotopic (exact) mass is 514 g/mol. The number of ketones is 2. The summed E-state index contributed by atoms with van der Waals surface area (Å²) in [6.45, 7) is 1.34. The van der Waals surface area contributed by atoms with E-state index in [1.165, 1.54) is 38.1 Å². The highest BCUT2D eigenvalue weighted by atomic mass is 35.5. The van der Waals surface area contributed by atoms with Gasteiger partial charge in [-0.05, 0) is 39.6 Å². The van der Waals surface area contributed by atoms with Gasteiger partial charge in [-0.2, -0.15) is 0 Å². The number of likely N-dealkylation sites (N-methyl/N-ethyl adjacent to an activating group) is 1. The Balaban J connectivity index is 0.00000324. The number of fused-ring (bicyclic) bond motifs is 3. The molecule has 1 fully saturated rings. The minimum absolute atomic E-state index is 0. The number of aliphatic hydroxyl groups excluding tert-OH is 2. The van der Waals surface area contributed by atoms with Crippen LogP contribution in [0.4, 0.5) is 0 Å². The number of amides is 1. The zero-order valence-electron chi connectivity index (χ0n) is 18.4. The fourth-order valence-corrected chi connectivity index (χ4v) is 5.93. The van der Waals surface area contributed by atoms with Crippen LogP contribution in [0.5, 0.6) is 5.75 Å². The number of nitrogens with zero attached hydrogens (tertiary/aromatic N) is 1. The van der Waals surface area contributed by atoms with Crippen LogP contribution < -0.4 is 5.73 Å². The van der Waals surface area contributed by atoms with E-state index in [0.717, 1.165) is 0 Å². The maximum Gasteiger partial charge on any atom is 0.255 e. The summed E-state index contributed by atoms with van der Waals surface area (Å²) >= 11 is 6.28. The number of primary amides is 1. The maximum atomic E-state index is 13.7. The zero-order valence-corrected chi connectivity index (χ0v) is 19.9. The molecule has 3 aliphatic carbocycles. The van der Waals surface area contributed by atoms with E-state index in [1.54, 1.807) is 0 Å². The molecule has 10 nitrogen and oxygen atoms in total. The van der Waals surface area contributed by atoms with E-state index in [1.807, 2.05) is 0 Å². The molecule has 7 N–H and O–H groups in total. The number of aromatic hydroxyl groups is 1. The van der Waals surface area contributed by atoms with Gasteiger partial charge in [0.05, 0.1) is 17.2 Å². The van der Waals surface area contributed by atoms with Gasteiger partial charge in [-0.3, -0.25) is 19.3 Å². The molecule has 3 aliphatic rings. The lowest BCUT2D eigenvalue weighted by Crippen LogP contribution is -2.67. The summed E-state index contributed by atoms with van der Waals surface area (Å²) < 4.78 is 0. The number of aliphatic hydroxyl groups is 4. The Kier molecular flexibility index (Phi) is 6.08. The minimum atomic E-state index is -2.78. The molecule has 0 radical (unpaired) electrons. The molecule has 0 aromatic heterocycles. The average Bonchev–Trinajstić information content (AvgIpc) is 2.69. The molecule has 5 atom stereocenters. The third-order valence-corrected chi connectivity index (χ3v) is 7.39. The average molecular weight is 515 g/mol. The summed E-state index contributed by atoms with van der Waals surface area (Å²) in [6, 6.07) is 1.24. The fourth-order valence-electron chi connectivity index (χ4n) is 5.58. The first-order chi connectivity index (χ1) is 15.2. The number of phenols is 1. The Morgan fingerprint density at radius 3 is 2.29 bits per heavy atom. The molecule has 12 heteroatoms. The number of rotatable bonds is 2. The molecule has 0 heterocycles. The molecule has 34 heavy (non-hydrogen) atoms. The van der Waals surface area contributed by atoms with Crippen molar-refractivity contribution in [3.05, 3.63) is 45.2 Å². The predicted molar refractivity (Wildman–Crippen MR) is 122 cm³/mol. The first-order valence-corrected chi connectivity index (χ1v) is 10.5. The van der Waals surface area contributed by atoms with Gasteiger partial charge in [-0.25, -0.2) is 0 Å². The van der Waals surface area contributed by atoms with Gasteiger partial charge in [0.25, 0.3) is 5.91 Å². The summed E-state index contributed by atoms with van der Waals surface area (Å²) in [7, 11) is 2.97. The largest absolute Gasteiger partial charge is 0.508 e. The van der Waals surface area contributed by atoms with Gasteiger partial charge in [0, 0.05) is 28.0 Å². The van der Waals surface area contributed by atoms with Gasteiger partial charge in [0.2, 0.25) is 5.78 Å². The lowest BCUT2D eigenvalue weighted by molar-refractivity contribution is -0.159. The second-order valence-corrected chi connectivity index (χ2v) is 9.48. The normalized spacial score (nSPS) is 32.7. The van der Waals surface area contributed by atoms with E-state index in [0.29, 0.717) is 0 Å². The second kappa shape index (κ2) is 7.96. The zero-order chi connectivity index (χ0) is 24.8. The molecule has 4 rings (SSSR count). The molecule has 0 bridgehead atoms. The van der Waals surface area contributed by atoms with Crippen LogP contribution in [-0.2, 0) is 20.0 Å². The first-order valence-electron chi connectivity index (χ1n) is 10.1. The van der Waals surface area contributed by atoms with Gasteiger partial charge < -0.3 is 31.3 Å². The van der Waals surface area contributed by atoms with Gasteiger partial charge >= 0.3 is 0 Å². The summed E-state index contributed by atoms with van der Waals surface area (Å²) in [6.07, 6.45) is -0.259. The quantitative estimate of drug-likeness (QED) is 0.309. The van der Waals surface area contributed by atoms with Crippen LogP contribution in [-0.4, -0.2) is 73.6 Å². The fraction of sp³-hybridized carbons (Fsp3) is 0.409. The van der Waals surface area contributed by atoms with Crippen molar-refractivity contribution in [2.75, 3.05) is 14.1 Å². The van der Waals surface area contributed by atoms with Crippen molar-refractivity contribution in [1.82, 2.24) is 4.90 Å². The van der Waals surface area contributed by atoms with Gasteiger partial charge in [0.1, 0.15) is 22.8 Å². The molecule has 0 saturated heterocycles. The van der Waals surface area contributed by atoms with Crippen molar-refractivity contribution in [2.45, 2.75) is 30.6 Å². The third-order valence-electron chi connectivity index (χ3n) is 7.07. The van der Waals surface area contributed by atoms with Crippen LogP contribution >= 0.6 is 24.0 Å². The van der Waals surface area contributed by atoms with E-state index in [4.69, 9.17) is 17.3 Å². The highest BCUT2D eigenvalue weighted by molar-refractivity contribution is 6.32. The van der Waals surface area contributed by atoms with Crippen molar-refractivity contribution >= 4 is 47.2 Å². The Labute approximate surface area is 205 Å². The number of nitrogens with two attached hydrogens (primary N) is 1. The lowest BCUT2D eigenvalue weighted by atomic mass is 9.54. The highest BCUT2D eigenvalue weighted by Gasteiger charge is 2.66.